The van der Waals surface area contributed by atoms with E-state index in [1.807, 2.05) is 6.07 Å². The van der Waals surface area contributed by atoms with Crippen LogP contribution in [0.2, 0.25) is 0 Å². The Bertz CT molecular complexity index is 403. The van der Waals surface area contributed by atoms with Crippen molar-refractivity contribution >= 4 is 18.3 Å². The zero-order valence-electron chi connectivity index (χ0n) is 11.4. The molecule has 19 heavy (non-hydrogen) atoms. The van der Waals surface area contributed by atoms with Crippen LogP contribution in [0, 0.1) is 12.8 Å². The number of hydrogen-bond acceptors (Lipinski definition) is 2. The number of hydrogen-bond donors (Lipinski definition) is 2. The Labute approximate surface area is 121 Å². The van der Waals surface area contributed by atoms with Crippen molar-refractivity contribution in [2.45, 2.75) is 32.7 Å². The quantitative estimate of drug-likeness (QED) is 0.890. The fourth-order valence-corrected chi connectivity index (χ4v) is 2.44. The molecule has 0 radical (unpaired) electrons. The van der Waals surface area contributed by atoms with Gasteiger partial charge >= 0.3 is 0 Å². The Kier molecular flexibility index (Phi) is 6.89. The van der Waals surface area contributed by atoms with Crippen molar-refractivity contribution in [3.63, 3.8) is 0 Å². The summed E-state index contributed by atoms with van der Waals surface area (Å²) in [5.74, 6) is 0.743. The highest BCUT2D eigenvalue weighted by Crippen LogP contribution is 2.15. The van der Waals surface area contributed by atoms with E-state index in [-0.39, 0.29) is 18.3 Å². The van der Waals surface area contributed by atoms with Crippen molar-refractivity contribution in [2.24, 2.45) is 5.92 Å². The molecule has 3 nitrogen and oxygen atoms in total. The first kappa shape index (κ1) is 16.0. The van der Waals surface area contributed by atoms with Gasteiger partial charge in [0.15, 0.2) is 0 Å². The summed E-state index contributed by atoms with van der Waals surface area (Å²) in [6, 6.07) is 8.27. The molecule has 1 aromatic carbocycles. The van der Waals surface area contributed by atoms with Crippen LogP contribution in [-0.4, -0.2) is 19.0 Å². The molecule has 1 amide bonds. The van der Waals surface area contributed by atoms with Crippen molar-refractivity contribution < 1.29 is 4.79 Å². The first-order valence-electron chi connectivity index (χ1n) is 6.77. The van der Waals surface area contributed by atoms with Gasteiger partial charge < -0.3 is 10.6 Å². The highest BCUT2D eigenvalue weighted by Gasteiger charge is 2.16. The lowest BCUT2D eigenvalue weighted by molar-refractivity contribution is -0.122. The molecule has 1 saturated heterocycles. The number of nitrogens with one attached hydrogen (secondary N) is 2. The molecule has 2 N–H and O–H groups in total. The van der Waals surface area contributed by atoms with Crippen LogP contribution in [0.4, 0.5) is 0 Å². The number of aryl methyl sites for hydroxylation is 1. The number of rotatable bonds is 4. The number of carbonyl (C=O) groups is 1. The van der Waals surface area contributed by atoms with Gasteiger partial charge in [0.1, 0.15) is 0 Å². The maximum Gasteiger partial charge on any atom is 0.220 e. The number of piperidine rings is 1. The highest BCUT2D eigenvalue weighted by molar-refractivity contribution is 5.85. The molecule has 1 aliphatic rings. The van der Waals surface area contributed by atoms with Crippen LogP contribution in [0.5, 0.6) is 0 Å². The van der Waals surface area contributed by atoms with Crippen molar-refractivity contribution in [2.75, 3.05) is 13.1 Å². The van der Waals surface area contributed by atoms with E-state index in [9.17, 15) is 4.79 Å². The van der Waals surface area contributed by atoms with Gasteiger partial charge in [0.2, 0.25) is 5.91 Å². The molecular formula is C15H23ClN2O. The molecule has 1 aromatic rings. The van der Waals surface area contributed by atoms with E-state index in [1.165, 1.54) is 11.1 Å². The first-order valence-corrected chi connectivity index (χ1v) is 6.77. The second-order valence-corrected chi connectivity index (χ2v) is 5.16. The standard InChI is InChI=1S/C15H22N2O.ClH/c1-12-3-2-4-14(9-12)11-17-15(18)10-13-5-7-16-8-6-13;/h2-4,9,13,16H,5-8,10-11H2,1H3,(H,17,18);1H. The van der Waals surface area contributed by atoms with E-state index in [0.717, 1.165) is 25.9 Å². The van der Waals surface area contributed by atoms with Crippen LogP contribution in [-0.2, 0) is 11.3 Å². The fraction of sp³-hybridized carbons (Fsp3) is 0.533. The second kappa shape index (κ2) is 8.18. The smallest absolute Gasteiger partial charge is 0.220 e. The molecule has 4 heteroatoms. The maximum absolute atomic E-state index is 11.8. The SMILES string of the molecule is Cc1cccc(CNC(=O)CC2CCNCC2)c1.Cl. The zero-order chi connectivity index (χ0) is 12.8. The fourth-order valence-electron chi connectivity index (χ4n) is 2.44. The lowest BCUT2D eigenvalue weighted by atomic mass is 9.94. The molecule has 0 aromatic heterocycles. The van der Waals surface area contributed by atoms with Gasteiger partial charge in [-0.05, 0) is 44.3 Å². The predicted octanol–water partition coefficient (Wildman–Crippen LogP) is 2.42. The van der Waals surface area contributed by atoms with Crippen LogP contribution >= 0.6 is 12.4 Å². The summed E-state index contributed by atoms with van der Waals surface area (Å²) < 4.78 is 0. The lowest BCUT2D eigenvalue weighted by Gasteiger charge is -2.21. The Morgan fingerprint density at radius 1 is 1.37 bits per heavy atom. The van der Waals surface area contributed by atoms with Crippen molar-refractivity contribution in [1.82, 2.24) is 10.6 Å². The van der Waals surface area contributed by atoms with Crippen LogP contribution in [0.3, 0.4) is 0 Å². The number of amides is 1. The third-order valence-corrected chi connectivity index (χ3v) is 3.50. The molecule has 0 bridgehead atoms. The van der Waals surface area contributed by atoms with E-state index in [4.69, 9.17) is 0 Å². The number of benzene rings is 1. The Balaban J connectivity index is 0.00000180. The minimum Gasteiger partial charge on any atom is -0.352 e. The van der Waals surface area contributed by atoms with Gasteiger partial charge in [-0.1, -0.05) is 29.8 Å². The molecule has 0 atom stereocenters. The molecule has 0 spiro atoms. The van der Waals surface area contributed by atoms with Gasteiger partial charge in [-0.3, -0.25) is 4.79 Å². The third kappa shape index (κ3) is 5.62. The summed E-state index contributed by atoms with van der Waals surface area (Å²) in [4.78, 5) is 11.8. The third-order valence-electron chi connectivity index (χ3n) is 3.50. The van der Waals surface area contributed by atoms with Gasteiger partial charge in [0.25, 0.3) is 0 Å². The Hall–Kier alpha value is -1.06. The predicted molar refractivity (Wildman–Crippen MR) is 80.5 cm³/mol. The number of carbonyl (C=O) groups excluding carboxylic acids is 1. The van der Waals surface area contributed by atoms with E-state index < -0.39 is 0 Å². The molecule has 0 unspecified atom stereocenters. The highest BCUT2D eigenvalue weighted by atomic mass is 35.5. The van der Waals surface area contributed by atoms with Crippen molar-refractivity contribution in [1.29, 1.82) is 0 Å². The van der Waals surface area contributed by atoms with Gasteiger partial charge in [-0.15, -0.1) is 12.4 Å². The van der Waals surface area contributed by atoms with E-state index in [0.29, 0.717) is 18.9 Å². The van der Waals surface area contributed by atoms with Gasteiger partial charge in [-0.2, -0.15) is 0 Å². The molecule has 2 rings (SSSR count). The molecule has 106 valence electrons. The lowest BCUT2D eigenvalue weighted by Crippen LogP contribution is -2.32. The minimum atomic E-state index is 0. The van der Waals surface area contributed by atoms with E-state index >= 15 is 0 Å². The molecule has 1 fully saturated rings. The summed E-state index contributed by atoms with van der Waals surface area (Å²) in [5.41, 5.74) is 2.41. The second-order valence-electron chi connectivity index (χ2n) is 5.16. The van der Waals surface area contributed by atoms with E-state index in [2.05, 4.69) is 35.8 Å². The normalized spacial score (nSPS) is 15.6. The summed E-state index contributed by atoms with van der Waals surface area (Å²) >= 11 is 0. The monoisotopic (exact) mass is 282 g/mol. The Morgan fingerprint density at radius 2 is 2.11 bits per heavy atom. The molecule has 1 aliphatic heterocycles. The van der Waals surface area contributed by atoms with Crippen LogP contribution in [0.25, 0.3) is 0 Å². The largest absolute Gasteiger partial charge is 0.352 e. The van der Waals surface area contributed by atoms with Crippen LogP contribution in [0.1, 0.15) is 30.4 Å². The van der Waals surface area contributed by atoms with Crippen LogP contribution < -0.4 is 10.6 Å². The van der Waals surface area contributed by atoms with Gasteiger partial charge in [-0.25, -0.2) is 0 Å². The number of halogens is 1. The molecular weight excluding hydrogens is 260 g/mol. The molecule has 1 heterocycles. The van der Waals surface area contributed by atoms with Gasteiger partial charge in [0.05, 0.1) is 0 Å². The van der Waals surface area contributed by atoms with Crippen molar-refractivity contribution in [3.8, 4) is 0 Å². The summed E-state index contributed by atoms with van der Waals surface area (Å²) in [6.45, 7) is 4.82. The summed E-state index contributed by atoms with van der Waals surface area (Å²) in [6.07, 6.45) is 2.92. The molecule has 0 saturated carbocycles. The Morgan fingerprint density at radius 3 is 2.79 bits per heavy atom. The summed E-state index contributed by atoms with van der Waals surface area (Å²) in [5, 5.41) is 6.33. The van der Waals surface area contributed by atoms with E-state index in [1.54, 1.807) is 0 Å². The van der Waals surface area contributed by atoms with Crippen molar-refractivity contribution in [3.05, 3.63) is 35.4 Å². The average Bonchev–Trinajstić information content (AvgIpc) is 2.38. The van der Waals surface area contributed by atoms with Gasteiger partial charge in [0, 0.05) is 13.0 Å². The zero-order valence-corrected chi connectivity index (χ0v) is 12.3. The minimum absolute atomic E-state index is 0. The first-order chi connectivity index (χ1) is 8.74. The molecule has 0 aliphatic carbocycles. The maximum atomic E-state index is 11.8. The average molecular weight is 283 g/mol. The summed E-state index contributed by atoms with van der Waals surface area (Å²) in [7, 11) is 0. The van der Waals surface area contributed by atoms with Crippen LogP contribution in [0.15, 0.2) is 24.3 Å². The topological polar surface area (TPSA) is 41.1 Å².